The van der Waals surface area contributed by atoms with E-state index in [9.17, 15) is 4.79 Å². The maximum Gasteiger partial charge on any atom is 0.404 e. The van der Waals surface area contributed by atoms with Crippen LogP contribution in [-0.2, 0) is 18.0 Å². The Balaban J connectivity index is 1.29. The maximum absolute atomic E-state index is 11.6. The normalized spacial score (nSPS) is 17.3. The molecule has 0 saturated heterocycles. The van der Waals surface area contributed by atoms with Gasteiger partial charge in [0.15, 0.2) is 0 Å². The lowest BCUT2D eigenvalue weighted by Crippen LogP contribution is -2.42. The second-order valence-corrected chi connectivity index (χ2v) is 12.6. The molecule has 0 aliphatic heterocycles. The van der Waals surface area contributed by atoms with Crippen LogP contribution in [0.25, 0.3) is 11.1 Å². The van der Waals surface area contributed by atoms with E-state index < -0.39 is 6.09 Å². The molecule has 3 N–H and O–H groups in total. The first-order valence-corrected chi connectivity index (χ1v) is 15.4. The predicted molar refractivity (Wildman–Crippen MR) is 175 cm³/mol. The fourth-order valence-corrected chi connectivity index (χ4v) is 5.97. The number of nitrogens with two attached hydrogens (primary N) is 1. The van der Waals surface area contributed by atoms with Crippen molar-refractivity contribution in [2.45, 2.75) is 71.8 Å². The number of ether oxygens (including phenoxy) is 3. The van der Waals surface area contributed by atoms with E-state index in [0.29, 0.717) is 36.9 Å². The number of hydrogen-bond donors (Lipinski definition) is 2. The van der Waals surface area contributed by atoms with Crippen LogP contribution >= 0.6 is 0 Å². The molecular formula is C37H43N3O4. The summed E-state index contributed by atoms with van der Waals surface area (Å²) < 4.78 is 17.9. The van der Waals surface area contributed by atoms with Gasteiger partial charge in [0.05, 0.1) is 0 Å². The zero-order valence-corrected chi connectivity index (χ0v) is 25.9. The van der Waals surface area contributed by atoms with Gasteiger partial charge >= 0.3 is 6.09 Å². The molecule has 1 amide bonds. The number of carbonyl (C=O) groups is 1. The summed E-state index contributed by atoms with van der Waals surface area (Å²) in [5, 5.41) is 3.74. The van der Waals surface area contributed by atoms with Crippen molar-refractivity contribution < 1.29 is 19.0 Å². The number of carbonyl (C=O) groups excluding carboxylic acids is 1. The molecule has 7 heteroatoms. The van der Waals surface area contributed by atoms with E-state index >= 15 is 0 Å². The van der Waals surface area contributed by atoms with Crippen molar-refractivity contribution in [3.63, 3.8) is 0 Å². The van der Waals surface area contributed by atoms with Gasteiger partial charge in [-0.25, -0.2) is 4.79 Å². The zero-order chi connectivity index (χ0) is 30.9. The first kappa shape index (κ1) is 30.9. The molecule has 1 aromatic heterocycles. The van der Waals surface area contributed by atoms with Gasteiger partial charge in [-0.1, -0.05) is 93.6 Å². The van der Waals surface area contributed by atoms with Crippen molar-refractivity contribution in [3.8, 4) is 22.9 Å². The van der Waals surface area contributed by atoms with Crippen LogP contribution in [0.1, 0.15) is 57.6 Å². The molecule has 0 radical (unpaired) electrons. The van der Waals surface area contributed by atoms with E-state index in [1.807, 2.05) is 72.8 Å². The average Bonchev–Trinajstić information content (AvgIpc) is 3.03. The third-order valence-electron chi connectivity index (χ3n) is 8.12. The molecule has 4 aromatic rings. The van der Waals surface area contributed by atoms with Crippen LogP contribution in [0.3, 0.4) is 0 Å². The van der Waals surface area contributed by atoms with Gasteiger partial charge in [-0.2, -0.15) is 4.98 Å². The van der Waals surface area contributed by atoms with E-state index in [1.165, 1.54) is 0 Å². The van der Waals surface area contributed by atoms with Crippen LogP contribution in [-0.4, -0.2) is 23.2 Å². The van der Waals surface area contributed by atoms with Gasteiger partial charge in [0.25, 0.3) is 0 Å². The fraction of sp³-hybridized carbons (Fsp3) is 0.351. The molecular weight excluding hydrogens is 550 g/mol. The molecule has 230 valence electrons. The molecule has 1 aliphatic rings. The number of anilines is 1. The highest BCUT2D eigenvalue weighted by Crippen LogP contribution is 2.38. The van der Waals surface area contributed by atoms with Crippen LogP contribution in [0.5, 0.6) is 11.8 Å². The summed E-state index contributed by atoms with van der Waals surface area (Å²) in [5.74, 6) is 1.34. The smallest absolute Gasteiger partial charge is 0.404 e. The monoisotopic (exact) mass is 593 g/mol. The summed E-state index contributed by atoms with van der Waals surface area (Å²) in [6.45, 7) is 7.14. The quantitative estimate of drug-likeness (QED) is 0.181. The van der Waals surface area contributed by atoms with E-state index in [4.69, 9.17) is 24.9 Å². The van der Waals surface area contributed by atoms with Gasteiger partial charge in [0, 0.05) is 23.4 Å². The number of amides is 1. The molecule has 0 bridgehead atoms. The standard InChI is InChI=1S/C37H43N3O4/c1-37(2,3)34(44-36(38)41)28-17-19-30(20-18-28)39-31-16-10-15-29(23-31)32-21-22-33(42-24-26-11-6-4-7-12-26)40-35(32)43-25-27-13-8-5-9-14-27/h4-16,21-23,28,30,34,39H,17-20,24-25H2,1-3H3,(H2,38,41). The topological polar surface area (TPSA) is 95.7 Å². The summed E-state index contributed by atoms with van der Waals surface area (Å²) >= 11 is 0. The lowest BCUT2D eigenvalue weighted by atomic mass is 9.73. The minimum Gasteiger partial charge on any atom is -0.473 e. The van der Waals surface area contributed by atoms with Crippen molar-refractivity contribution in [3.05, 3.63) is 108 Å². The highest BCUT2D eigenvalue weighted by molar-refractivity contribution is 5.72. The summed E-state index contributed by atoms with van der Waals surface area (Å²) in [6.07, 6.45) is 3.04. The van der Waals surface area contributed by atoms with Crippen LogP contribution in [0, 0.1) is 11.3 Å². The summed E-state index contributed by atoms with van der Waals surface area (Å²) in [6, 6.07) is 32.8. The van der Waals surface area contributed by atoms with Crippen LogP contribution in [0.2, 0.25) is 0 Å². The molecule has 0 spiro atoms. The lowest BCUT2D eigenvalue weighted by molar-refractivity contribution is -0.0156. The first-order valence-electron chi connectivity index (χ1n) is 15.4. The minimum atomic E-state index is -0.695. The molecule has 44 heavy (non-hydrogen) atoms. The Morgan fingerprint density at radius 2 is 1.48 bits per heavy atom. The Morgan fingerprint density at radius 3 is 2.09 bits per heavy atom. The van der Waals surface area contributed by atoms with Crippen molar-refractivity contribution in [1.82, 2.24) is 4.98 Å². The molecule has 1 heterocycles. The Morgan fingerprint density at radius 1 is 0.841 bits per heavy atom. The van der Waals surface area contributed by atoms with Crippen LogP contribution in [0.15, 0.2) is 97.1 Å². The zero-order valence-electron chi connectivity index (χ0n) is 25.9. The van der Waals surface area contributed by atoms with Crippen molar-refractivity contribution in [1.29, 1.82) is 0 Å². The first-order chi connectivity index (χ1) is 21.2. The van der Waals surface area contributed by atoms with Crippen LogP contribution in [0.4, 0.5) is 10.5 Å². The highest BCUT2D eigenvalue weighted by Gasteiger charge is 2.37. The Bertz CT molecular complexity index is 1500. The predicted octanol–water partition coefficient (Wildman–Crippen LogP) is 8.39. The van der Waals surface area contributed by atoms with Crippen LogP contribution < -0.4 is 20.5 Å². The average molecular weight is 594 g/mol. The number of nitrogens with zero attached hydrogens (tertiary/aromatic N) is 1. The third kappa shape index (κ3) is 8.53. The molecule has 5 rings (SSSR count). The largest absolute Gasteiger partial charge is 0.473 e. The number of hydrogen-bond acceptors (Lipinski definition) is 6. The molecule has 3 aromatic carbocycles. The number of nitrogens with one attached hydrogen (secondary N) is 1. The Hall–Kier alpha value is -4.52. The third-order valence-corrected chi connectivity index (χ3v) is 8.12. The van der Waals surface area contributed by atoms with Gasteiger partial charge in [-0.3, -0.25) is 0 Å². The van der Waals surface area contributed by atoms with E-state index in [1.54, 1.807) is 0 Å². The maximum atomic E-state index is 11.6. The molecule has 1 fully saturated rings. The SMILES string of the molecule is CC(C)(C)C(OC(N)=O)C1CCC(Nc2cccc(-c3ccc(OCc4ccccc4)nc3OCc3ccccc3)c2)CC1. The number of pyridine rings is 1. The molecule has 1 saturated carbocycles. The second-order valence-electron chi connectivity index (χ2n) is 12.6. The van der Waals surface area contributed by atoms with Gasteiger partial charge in [-0.15, -0.1) is 0 Å². The summed E-state index contributed by atoms with van der Waals surface area (Å²) in [7, 11) is 0. The van der Waals surface area contributed by atoms with Crippen molar-refractivity contribution in [2.24, 2.45) is 17.1 Å². The molecule has 1 atom stereocenters. The van der Waals surface area contributed by atoms with Crippen molar-refractivity contribution in [2.75, 3.05) is 5.32 Å². The minimum absolute atomic E-state index is 0.162. The number of benzene rings is 3. The Labute approximate surface area is 260 Å². The van der Waals surface area contributed by atoms with Gasteiger partial charge in [0.2, 0.25) is 11.8 Å². The van der Waals surface area contributed by atoms with Gasteiger partial charge in [-0.05, 0) is 71.9 Å². The number of primary amides is 1. The van der Waals surface area contributed by atoms with E-state index in [0.717, 1.165) is 53.6 Å². The molecule has 1 aliphatic carbocycles. The number of rotatable bonds is 11. The highest BCUT2D eigenvalue weighted by atomic mass is 16.6. The van der Waals surface area contributed by atoms with Gasteiger partial charge < -0.3 is 25.3 Å². The second kappa shape index (κ2) is 14.3. The summed E-state index contributed by atoms with van der Waals surface area (Å²) in [4.78, 5) is 16.3. The Kier molecular flexibility index (Phi) is 10.1. The van der Waals surface area contributed by atoms with Gasteiger partial charge in [0.1, 0.15) is 19.3 Å². The fourth-order valence-electron chi connectivity index (χ4n) is 5.97. The molecule has 7 nitrogen and oxygen atoms in total. The summed E-state index contributed by atoms with van der Waals surface area (Å²) in [5.41, 5.74) is 10.3. The van der Waals surface area contributed by atoms with E-state index in [2.05, 4.69) is 50.4 Å². The number of aromatic nitrogens is 1. The molecule has 1 unspecified atom stereocenters. The van der Waals surface area contributed by atoms with E-state index in [-0.39, 0.29) is 11.5 Å². The van der Waals surface area contributed by atoms with Crippen molar-refractivity contribution >= 4 is 11.8 Å². The lowest BCUT2D eigenvalue weighted by Gasteiger charge is -2.39.